The molecule has 0 aliphatic carbocycles. The van der Waals surface area contributed by atoms with Crippen molar-refractivity contribution in [3.63, 3.8) is 0 Å². The second-order valence-electron chi connectivity index (χ2n) is 4.58. The van der Waals surface area contributed by atoms with Gasteiger partial charge in [0.25, 0.3) is 0 Å². The van der Waals surface area contributed by atoms with Gasteiger partial charge in [0.1, 0.15) is 11.3 Å². The maximum Gasteiger partial charge on any atom is 0.341 e. The number of methoxy groups -OCH3 is 1. The standard InChI is InChI=1S/C16H18O6/c1-11(15(18)19)7-3-6-10-14(17)22-13-9-5-4-8-12(13)16(20)21-2/h4-5,8-9H,1,3,6-7,10H2,2H3,(H,18,19). The number of para-hydroxylation sites is 1. The Morgan fingerprint density at radius 2 is 1.77 bits per heavy atom. The molecule has 22 heavy (non-hydrogen) atoms. The Hall–Kier alpha value is -2.63. The van der Waals surface area contributed by atoms with Crippen molar-refractivity contribution in [2.75, 3.05) is 7.11 Å². The molecule has 0 saturated carbocycles. The van der Waals surface area contributed by atoms with Crippen molar-refractivity contribution in [2.45, 2.75) is 25.7 Å². The molecule has 0 atom stereocenters. The number of benzene rings is 1. The lowest BCUT2D eigenvalue weighted by atomic mass is 10.1. The van der Waals surface area contributed by atoms with Gasteiger partial charge in [-0.1, -0.05) is 18.7 Å². The van der Waals surface area contributed by atoms with Gasteiger partial charge in [0.2, 0.25) is 0 Å². The van der Waals surface area contributed by atoms with Crippen LogP contribution in [0.2, 0.25) is 0 Å². The van der Waals surface area contributed by atoms with E-state index in [9.17, 15) is 14.4 Å². The minimum atomic E-state index is -1.03. The van der Waals surface area contributed by atoms with Crippen LogP contribution in [0.4, 0.5) is 0 Å². The number of hydrogen-bond acceptors (Lipinski definition) is 5. The lowest BCUT2D eigenvalue weighted by Gasteiger charge is -2.08. The Bertz CT molecular complexity index is 576. The first-order chi connectivity index (χ1) is 10.5. The average molecular weight is 306 g/mol. The van der Waals surface area contributed by atoms with E-state index in [1.165, 1.54) is 19.2 Å². The molecule has 1 aromatic rings. The topological polar surface area (TPSA) is 89.9 Å². The molecular formula is C16H18O6. The average Bonchev–Trinajstić information content (AvgIpc) is 2.51. The van der Waals surface area contributed by atoms with Crippen LogP contribution in [-0.2, 0) is 14.3 Å². The van der Waals surface area contributed by atoms with Crippen LogP contribution in [0.1, 0.15) is 36.0 Å². The minimum Gasteiger partial charge on any atom is -0.478 e. The van der Waals surface area contributed by atoms with Crippen LogP contribution in [0.25, 0.3) is 0 Å². The van der Waals surface area contributed by atoms with E-state index in [0.29, 0.717) is 19.3 Å². The number of hydrogen-bond donors (Lipinski definition) is 1. The first-order valence-electron chi connectivity index (χ1n) is 6.74. The highest BCUT2D eigenvalue weighted by atomic mass is 16.5. The summed E-state index contributed by atoms with van der Waals surface area (Å²) in [5, 5.41) is 8.66. The van der Waals surface area contributed by atoms with Gasteiger partial charge in [-0.15, -0.1) is 0 Å². The van der Waals surface area contributed by atoms with Crippen molar-refractivity contribution in [3.05, 3.63) is 42.0 Å². The first kappa shape index (κ1) is 17.4. The number of carbonyl (C=O) groups excluding carboxylic acids is 2. The minimum absolute atomic E-state index is 0.115. The molecule has 0 amide bonds. The smallest absolute Gasteiger partial charge is 0.341 e. The molecule has 0 spiro atoms. The zero-order valence-corrected chi connectivity index (χ0v) is 12.3. The van der Waals surface area contributed by atoms with Gasteiger partial charge in [0, 0.05) is 12.0 Å². The fourth-order valence-electron chi connectivity index (χ4n) is 1.72. The van der Waals surface area contributed by atoms with Gasteiger partial charge < -0.3 is 14.6 Å². The number of unbranched alkanes of at least 4 members (excludes halogenated alkanes) is 1. The van der Waals surface area contributed by atoms with Crippen molar-refractivity contribution in [2.24, 2.45) is 0 Å². The Morgan fingerprint density at radius 3 is 2.41 bits per heavy atom. The SMILES string of the molecule is C=C(CCCCC(=O)Oc1ccccc1C(=O)OC)C(=O)O. The predicted octanol–water partition coefficient (Wildman–Crippen LogP) is 2.58. The second kappa shape index (κ2) is 8.61. The number of carboxylic acid groups (broad SMARTS) is 1. The van der Waals surface area contributed by atoms with E-state index in [1.54, 1.807) is 12.1 Å². The summed E-state index contributed by atoms with van der Waals surface area (Å²) in [5.74, 6) is -1.96. The van der Waals surface area contributed by atoms with E-state index in [-0.39, 0.29) is 23.3 Å². The zero-order valence-electron chi connectivity index (χ0n) is 12.3. The highest BCUT2D eigenvalue weighted by Gasteiger charge is 2.15. The summed E-state index contributed by atoms with van der Waals surface area (Å²) in [6.07, 6.45) is 1.45. The summed E-state index contributed by atoms with van der Waals surface area (Å²) in [6, 6.07) is 6.30. The molecule has 6 nitrogen and oxygen atoms in total. The van der Waals surface area contributed by atoms with E-state index in [1.807, 2.05) is 0 Å². The van der Waals surface area contributed by atoms with Gasteiger partial charge in [-0.05, 0) is 31.4 Å². The van der Waals surface area contributed by atoms with Crippen LogP contribution in [0, 0.1) is 0 Å². The molecule has 0 radical (unpaired) electrons. The quantitative estimate of drug-likeness (QED) is 0.343. The molecule has 118 valence electrons. The zero-order chi connectivity index (χ0) is 16.5. The van der Waals surface area contributed by atoms with Gasteiger partial charge >= 0.3 is 17.9 Å². The molecule has 0 aliphatic heterocycles. The maximum atomic E-state index is 11.7. The van der Waals surface area contributed by atoms with Crippen molar-refractivity contribution in [1.82, 2.24) is 0 Å². The molecule has 0 aromatic heterocycles. The summed E-state index contributed by atoms with van der Waals surface area (Å²) >= 11 is 0. The lowest BCUT2D eigenvalue weighted by molar-refractivity contribution is -0.134. The van der Waals surface area contributed by atoms with Crippen molar-refractivity contribution < 1.29 is 29.0 Å². The third kappa shape index (κ3) is 5.40. The van der Waals surface area contributed by atoms with Crippen LogP contribution < -0.4 is 4.74 Å². The highest BCUT2D eigenvalue weighted by Crippen LogP contribution is 2.20. The lowest BCUT2D eigenvalue weighted by Crippen LogP contribution is -2.11. The van der Waals surface area contributed by atoms with Crippen LogP contribution in [-0.4, -0.2) is 30.1 Å². The van der Waals surface area contributed by atoms with Crippen LogP contribution >= 0.6 is 0 Å². The van der Waals surface area contributed by atoms with Gasteiger partial charge in [0.05, 0.1) is 7.11 Å². The highest BCUT2D eigenvalue weighted by molar-refractivity contribution is 5.93. The van der Waals surface area contributed by atoms with Crippen molar-refractivity contribution >= 4 is 17.9 Å². The van der Waals surface area contributed by atoms with E-state index in [2.05, 4.69) is 11.3 Å². The largest absolute Gasteiger partial charge is 0.478 e. The van der Waals surface area contributed by atoms with E-state index in [4.69, 9.17) is 9.84 Å². The molecule has 0 saturated heterocycles. The van der Waals surface area contributed by atoms with Gasteiger partial charge in [-0.3, -0.25) is 4.79 Å². The third-order valence-electron chi connectivity index (χ3n) is 2.93. The van der Waals surface area contributed by atoms with Gasteiger partial charge in [-0.2, -0.15) is 0 Å². The molecule has 1 aromatic carbocycles. The summed E-state index contributed by atoms with van der Waals surface area (Å²) < 4.78 is 9.75. The second-order valence-corrected chi connectivity index (χ2v) is 4.58. The Balaban J connectivity index is 2.48. The van der Waals surface area contributed by atoms with Crippen molar-refractivity contribution in [3.8, 4) is 5.75 Å². The molecule has 0 unspecified atom stereocenters. The summed E-state index contributed by atoms with van der Waals surface area (Å²) in [4.78, 5) is 33.8. The first-order valence-corrected chi connectivity index (χ1v) is 6.74. The molecule has 1 rings (SSSR count). The van der Waals surface area contributed by atoms with E-state index >= 15 is 0 Å². The fourth-order valence-corrected chi connectivity index (χ4v) is 1.72. The molecule has 0 aliphatic rings. The maximum absolute atomic E-state index is 11.7. The van der Waals surface area contributed by atoms with Crippen LogP contribution in [0.3, 0.4) is 0 Å². The molecule has 0 bridgehead atoms. The summed E-state index contributed by atoms with van der Waals surface area (Å²) in [7, 11) is 1.25. The summed E-state index contributed by atoms with van der Waals surface area (Å²) in [5.41, 5.74) is 0.294. The number of carboxylic acids is 1. The molecule has 0 heterocycles. The Kier molecular flexibility index (Phi) is 6.82. The van der Waals surface area contributed by atoms with Crippen LogP contribution in [0.5, 0.6) is 5.75 Å². The van der Waals surface area contributed by atoms with Gasteiger partial charge in [-0.25, -0.2) is 9.59 Å². The Labute approximate surface area is 128 Å². The number of aliphatic carboxylic acids is 1. The fraction of sp³-hybridized carbons (Fsp3) is 0.312. The van der Waals surface area contributed by atoms with Crippen molar-refractivity contribution in [1.29, 1.82) is 0 Å². The third-order valence-corrected chi connectivity index (χ3v) is 2.93. The van der Waals surface area contributed by atoms with E-state index < -0.39 is 17.9 Å². The molecular weight excluding hydrogens is 288 g/mol. The predicted molar refractivity (Wildman–Crippen MR) is 78.7 cm³/mol. The number of carbonyl (C=O) groups is 3. The normalized spacial score (nSPS) is 9.86. The number of rotatable bonds is 8. The van der Waals surface area contributed by atoms with E-state index in [0.717, 1.165) is 0 Å². The number of ether oxygens (including phenoxy) is 2. The van der Waals surface area contributed by atoms with Gasteiger partial charge in [0.15, 0.2) is 0 Å². The monoisotopic (exact) mass is 306 g/mol. The Morgan fingerprint density at radius 1 is 1.14 bits per heavy atom. The number of esters is 2. The summed E-state index contributed by atoms with van der Waals surface area (Å²) in [6.45, 7) is 3.41. The van der Waals surface area contributed by atoms with Crippen LogP contribution in [0.15, 0.2) is 36.4 Å². The molecule has 0 fully saturated rings. The molecule has 6 heteroatoms. The molecule has 1 N–H and O–H groups in total.